The van der Waals surface area contributed by atoms with Crippen molar-refractivity contribution in [3.63, 3.8) is 0 Å². The number of ether oxygens (including phenoxy) is 1. The van der Waals surface area contributed by atoms with Crippen LogP contribution in [-0.2, 0) is 0 Å². The number of carbonyl (C=O) groups is 2. The molecule has 0 aliphatic rings. The fraction of sp³-hybridized carbons (Fsp3) is 0. The number of carbonyl (C=O) groups excluding carboxylic acids is 2. The molecule has 1 amide bonds. The largest absolute Gasteiger partial charge is 0.422 e. The van der Waals surface area contributed by atoms with Gasteiger partial charge in [0, 0.05) is 28.6 Å². The van der Waals surface area contributed by atoms with Gasteiger partial charge in [0.15, 0.2) is 0 Å². The number of nitro benzene ring substituents is 1. The summed E-state index contributed by atoms with van der Waals surface area (Å²) in [6.07, 6.45) is 1.31. The first kappa shape index (κ1) is 25.0. The van der Waals surface area contributed by atoms with E-state index in [2.05, 4.69) is 15.5 Å². The van der Waals surface area contributed by atoms with Crippen molar-refractivity contribution in [3.8, 4) is 16.9 Å². The molecule has 0 bridgehead atoms. The monoisotopic (exact) mass is 522 g/mol. The third-order valence-corrected chi connectivity index (χ3v) is 5.88. The zero-order valence-electron chi connectivity index (χ0n) is 20.1. The third kappa shape index (κ3) is 5.25. The number of aromatic nitrogens is 1. The van der Waals surface area contributed by atoms with E-state index in [1.165, 1.54) is 36.5 Å². The van der Waals surface area contributed by atoms with Crippen molar-refractivity contribution >= 4 is 34.7 Å². The minimum Gasteiger partial charge on any atom is -0.422 e. The number of nitrogens with zero attached hydrogens (tertiary/aromatic N) is 2. The summed E-state index contributed by atoms with van der Waals surface area (Å²) in [5.41, 5.74) is 4.41. The van der Waals surface area contributed by atoms with Crippen LogP contribution in [0, 0.1) is 15.9 Å². The molecule has 192 valence electrons. The Morgan fingerprint density at radius 2 is 1.64 bits per heavy atom. The number of halogens is 1. The number of aromatic amines is 1. The number of H-pyrrole nitrogens is 1. The van der Waals surface area contributed by atoms with E-state index in [1.807, 2.05) is 30.3 Å². The summed E-state index contributed by atoms with van der Waals surface area (Å²) in [6.45, 7) is 0. The van der Waals surface area contributed by atoms with Gasteiger partial charge in [-0.05, 0) is 35.9 Å². The highest BCUT2D eigenvalue weighted by Crippen LogP contribution is 2.33. The summed E-state index contributed by atoms with van der Waals surface area (Å²) in [4.78, 5) is 38.8. The second kappa shape index (κ2) is 10.8. The van der Waals surface area contributed by atoms with Gasteiger partial charge in [-0.3, -0.25) is 14.9 Å². The predicted molar refractivity (Wildman–Crippen MR) is 143 cm³/mol. The van der Waals surface area contributed by atoms with Crippen LogP contribution in [-0.4, -0.2) is 28.0 Å². The first-order chi connectivity index (χ1) is 18.9. The minimum absolute atomic E-state index is 0.125. The maximum Gasteiger partial charge on any atom is 0.343 e. The molecule has 0 saturated heterocycles. The molecule has 9 nitrogen and oxygen atoms in total. The number of rotatable bonds is 7. The van der Waals surface area contributed by atoms with Crippen LogP contribution in [0.2, 0.25) is 0 Å². The van der Waals surface area contributed by atoms with Crippen LogP contribution in [0.3, 0.4) is 0 Å². The van der Waals surface area contributed by atoms with E-state index >= 15 is 0 Å². The number of amides is 1. The van der Waals surface area contributed by atoms with Crippen LogP contribution in [0.15, 0.2) is 102 Å². The van der Waals surface area contributed by atoms with Crippen LogP contribution < -0.4 is 10.2 Å². The zero-order valence-corrected chi connectivity index (χ0v) is 20.1. The van der Waals surface area contributed by atoms with Gasteiger partial charge in [-0.2, -0.15) is 5.10 Å². The molecule has 0 fully saturated rings. The maximum atomic E-state index is 14.5. The van der Waals surface area contributed by atoms with Gasteiger partial charge < -0.3 is 9.72 Å². The summed E-state index contributed by atoms with van der Waals surface area (Å²) in [5.74, 6) is -1.64. The van der Waals surface area contributed by atoms with Crippen LogP contribution in [0.5, 0.6) is 5.75 Å². The highest BCUT2D eigenvalue weighted by Gasteiger charge is 2.20. The molecule has 0 aliphatic heterocycles. The van der Waals surface area contributed by atoms with Crippen LogP contribution >= 0.6 is 0 Å². The molecule has 5 aromatic rings. The summed E-state index contributed by atoms with van der Waals surface area (Å²) < 4.78 is 19.9. The molecule has 10 heteroatoms. The molecule has 0 aliphatic carbocycles. The lowest BCUT2D eigenvalue weighted by Crippen LogP contribution is -2.19. The Bertz CT molecular complexity index is 1730. The average molecular weight is 522 g/mol. The number of para-hydroxylation sites is 2. The van der Waals surface area contributed by atoms with E-state index in [0.717, 1.165) is 5.56 Å². The fourth-order valence-electron chi connectivity index (χ4n) is 4.03. The lowest BCUT2D eigenvalue weighted by Gasteiger charge is -2.07. The van der Waals surface area contributed by atoms with Gasteiger partial charge in [0.05, 0.1) is 22.2 Å². The maximum absolute atomic E-state index is 14.5. The van der Waals surface area contributed by atoms with Crippen LogP contribution in [0.1, 0.15) is 26.4 Å². The summed E-state index contributed by atoms with van der Waals surface area (Å²) in [5, 5.41) is 15.4. The van der Waals surface area contributed by atoms with Gasteiger partial charge in [-0.15, -0.1) is 0 Å². The quantitative estimate of drug-likeness (QED) is 0.0909. The second-order valence-corrected chi connectivity index (χ2v) is 8.33. The smallest absolute Gasteiger partial charge is 0.343 e. The van der Waals surface area contributed by atoms with Crippen LogP contribution in [0.4, 0.5) is 10.1 Å². The summed E-state index contributed by atoms with van der Waals surface area (Å²) in [6, 6.07) is 25.3. The van der Waals surface area contributed by atoms with E-state index < -0.39 is 22.6 Å². The number of hydrogen-bond acceptors (Lipinski definition) is 6. The fourth-order valence-corrected chi connectivity index (χ4v) is 4.03. The van der Waals surface area contributed by atoms with Crippen molar-refractivity contribution in [1.82, 2.24) is 10.4 Å². The van der Waals surface area contributed by atoms with Gasteiger partial charge in [0.2, 0.25) is 0 Å². The van der Waals surface area contributed by atoms with Gasteiger partial charge >= 0.3 is 5.97 Å². The molecule has 2 N–H and O–H groups in total. The Hall–Kier alpha value is -5.64. The van der Waals surface area contributed by atoms with Crippen molar-refractivity contribution in [1.29, 1.82) is 0 Å². The number of nitro groups is 1. The molecule has 0 radical (unpaired) electrons. The Kier molecular flexibility index (Phi) is 6.91. The number of hydrogen-bond donors (Lipinski definition) is 2. The topological polar surface area (TPSA) is 127 Å². The molecule has 0 atom stereocenters. The normalized spacial score (nSPS) is 11.0. The highest BCUT2D eigenvalue weighted by atomic mass is 19.1. The third-order valence-electron chi connectivity index (χ3n) is 5.88. The van der Waals surface area contributed by atoms with Gasteiger partial charge in [-0.25, -0.2) is 14.6 Å². The first-order valence-corrected chi connectivity index (χ1v) is 11.7. The second-order valence-electron chi connectivity index (χ2n) is 8.33. The zero-order chi connectivity index (χ0) is 27.4. The molecule has 4 aromatic carbocycles. The molecule has 0 unspecified atom stereocenters. The minimum atomic E-state index is -0.720. The van der Waals surface area contributed by atoms with Gasteiger partial charge in [0.1, 0.15) is 17.3 Å². The number of hydrazone groups is 1. The molecule has 5 rings (SSSR count). The molecule has 39 heavy (non-hydrogen) atoms. The molecule has 1 heterocycles. The summed E-state index contributed by atoms with van der Waals surface area (Å²) >= 11 is 0. The Morgan fingerprint density at radius 1 is 0.923 bits per heavy atom. The lowest BCUT2D eigenvalue weighted by atomic mass is 10.0. The van der Waals surface area contributed by atoms with Crippen molar-refractivity contribution in [2.45, 2.75) is 0 Å². The van der Waals surface area contributed by atoms with E-state index in [0.29, 0.717) is 16.5 Å². The average Bonchev–Trinajstić information content (AvgIpc) is 3.35. The summed E-state index contributed by atoms with van der Waals surface area (Å²) in [7, 11) is 0. The van der Waals surface area contributed by atoms with Crippen molar-refractivity contribution in [3.05, 3.63) is 130 Å². The number of benzene rings is 4. The van der Waals surface area contributed by atoms with Crippen LogP contribution in [0.25, 0.3) is 22.0 Å². The van der Waals surface area contributed by atoms with E-state index in [1.54, 1.807) is 36.4 Å². The standard InChI is InChI=1S/C29H19FN4O5/c30-23-11-6-10-22-25(18-7-2-1-3-8-18)27(32-26(22)23)28(35)33-31-17-20-9-4-5-12-24(20)39-29(36)19-13-15-21(16-14-19)34(37)38/h1-17,32H,(H,33,35). The van der Waals surface area contributed by atoms with Gasteiger partial charge in [-0.1, -0.05) is 54.6 Å². The van der Waals surface area contributed by atoms with E-state index in [9.17, 15) is 24.1 Å². The first-order valence-electron chi connectivity index (χ1n) is 11.7. The Morgan fingerprint density at radius 3 is 2.38 bits per heavy atom. The highest BCUT2D eigenvalue weighted by molar-refractivity contribution is 6.10. The Labute approximate surface area is 220 Å². The SMILES string of the molecule is O=C(Oc1ccccc1C=NNC(=O)c1[nH]c2c(F)cccc2c1-c1ccccc1)c1ccc([N+](=O)[O-])cc1. The number of non-ortho nitro benzene ring substituents is 1. The lowest BCUT2D eigenvalue weighted by molar-refractivity contribution is -0.384. The molecular formula is C29H19FN4O5. The number of nitrogens with one attached hydrogen (secondary N) is 2. The predicted octanol–water partition coefficient (Wildman–Crippen LogP) is 5.87. The van der Waals surface area contributed by atoms with Crippen molar-refractivity contribution < 1.29 is 23.6 Å². The van der Waals surface area contributed by atoms with Crippen molar-refractivity contribution in [2.24, 2.45) is 5.10 Å². The molecule has 0 spiro atoms. The number of fused-ring (bicyclic) bond motifs is 1. The Balaban J connectivity index is 1.37. The van der Waals surface area contributed by atoms with E-state index in [-0.39, 0.29) is 28.2 Å². The number of esters is 1. The molecule has 1 aromatic heterocycles. The van der Waals surface area contributed by atoms with Gasteiger partial charge in [0.25, 0.3) is 11.6 Å². The van der Waals surface area contributed by atoms with Crippen molar-refractivity contribution in [2.75, 3.05) is 0 Å². The molecular weight excluding hydrogens is 503 g/mol. The molecule has 0 saturated carbocycles. The van der Waals surface area contributed by atoms with E-state index in [4.69, 9.17) is 4.74 Å².